The summed E-state index contributed by atoms with van der Waals surface area (Å²) in [5.41, 5.74) is 1.94. The lowest BCUT2D eigenvalue weighted by Gasteiger charge is -2.54. The fraction of sp³-hybridized carbons (Fsp3) is 0.733. The zero-order valence-electron chi connectivity index (χ0n) is 10.8. The minimum Gasteiger partial charge on any atom is -0.385 e. The van der Waals surface area contributed by atoms with Crippen LogP contribution in [0.5, 0.6) is 0 Å². The van der Waals surface area contributed by atoms with Gasteiger partial charge in [-0.2, -0.15) is 0 Å². The second-order valence-electron chi connectivity index (χ2n) is 6.13. The van der Waals surface area contributed by atoms with Crippen molar-refractivity contribution in [2.24, 2.45) is 11.3 Å². The Morgan fingerprint density at radius 2 is 2.19 bits per heavy atom. The van der Waals surface area contributed by atoms with Gasteiger partial charge in [-0.15, -0.1) is 0 Å². The number of rotatable bonds is 1. The van der Waals surface area contributed by atoms with Crippen molar-refractivity contribution in [2.75, 3.05) is 0 Å². The Kier molecular flexibility index (Phi) is 2.78. The molecule has 0 aromatic heterocycles. The number of fused-ring (bicyclic) bond motifs is 1. The van der Waals surface area contributed by atoms with Crippen molar-refractivity contribution in [3.05, 3.63) is 23.8 Å². The molecule has 0 aromatic carbocycles. The molecule has 0 amide bonds. The second kappa shape index (κ2) is 3.73. The van der Waals surface area contributed by atoms with Crippen molar-refractivity contribution in [1.29, 1.82) is 0 Å². The third-order valence-corrected chi connectivity index (χ3v) is 5.08. The first-order chi connectivity index (χ1) is 7.39. The fourth-order valence-corrected chi connectivity index (χ4v) is 3.57. The molecule has 2 rings (SSSR count). The molecule has 0 saturated heterocycles. The maximum Gasteiger partial charge on any atom is 0.0913 e. The van der Waals surface area contributed by atoms with Gasteiger partial charge in [-0.05, 0) is 57.4 Å². The Labute approximate surface area is 99.3 Å². The van der Waals surface area contributed by atoms with Gasteiger partial charge in [0.1, 0.15) is 0 Å². The maximum absolute atomic E-state index is 11.0. The van der Waals surface area contributed by atoms with Gasteiger partial charge in [0.2, 0.25) is 0 Å². The second-order valence-corrected chi connectivity index (χ2v) is 6.13. The van der Waals surface area contributed by atoms with Crippen LogP contribution in [0.15, 0.2) is 23.8 Å². The first kappa shape index (κ1) is 11.9. The van der Waals surface area contributed by atoms with E-state index in [4.69, 9.17) is 0 Å². The average molecular weight is 220 g/mol. The average Bonchev–Trinajstić information content (AvgIpc) is 2.20. The first-order valence-electron chi connectivity index (χ1n) is 6.44. The van der Waals surface area contributed by atoms with E-state index in [0.29, 0.717) is 5.92 Å². The standard InChI is InChI=1S/C15H24O/c1-11(2)13-7-9-14(4)8-5-6-12(3)15(14,16)10-13/h6,13,16H,1,5,7-10H2,2-4H3/t13-,14-,15+/m1/s1. The van der Waals surface area contributed by atoms with E-state index >= 15 is 0 Å². The van der Waals surface area contributed by atoms with Gasteiger partial charge in [-0.25, -0.2) is 0 Å². The third kappa shape index (κ3) is 1.57. The van der Waals surface area contributed by atoms with Gasteiger partial charge in [0.25, 0.3) is 0 Å². The molecular formula is C15H24O. The molecule has 0 spiro atoms. The van der Waals surface area contributed by atoms with Crippen molar-refractivity contribution in [3.63, 3.8) is 0 Å². The predicted octanol–water partition coefficient (Wildman–Crippen LogP) is 3.84. The Hall–Kier alpha value is -0.560. The fourth-order valence-electron chi connectivity index (χ4n) is 3.57. The quantitative estimate of drug-likeness (QED) is 0.666. The largest absolute Gasteiger partial charge is 0.385 e. The molecule has 2 aliphatic carbocycles. The highest BCUT2D eigenvalue weighted by atomic mass is 16.3. The van der Waals surface area contributed by atoms with E-state index in [1.54, 1.807) is 0 Å². The maximum atomic E-state index is 11.0. The zero-order chi connectivity index (χ0) is 12.0. The van der Waals surface area contributed by atoms with Gasteiger partial charge in [0, 0.05) is 5.41 Å². The molecule has 16 heavy (non-hydrogen) atoms. The molecule has 1 heteroatoms. The Bertz CT molecular complexity index is 341. The number of hydrogen-bond acceptors (Lipinski definition) is 1. The van der Waals surface area contributed by atoms with Crippen molar-refractivity contribution in [2.45, 2.75) is 58.5 Å². The van der Waals surface area contributed by atoms with Crippen LogP contribution in [0, 0.1) is 11.3 Å². The topological polar surface area (TPSA) is 20.2 Å². The lowest BCUT2D eigenvalue weighted by Crippen LogP contribution is -2.53. The van der Waals surface area contributed by atoms with Crippen LogP contribution in [-0.2, 0) is 0 Å². The summed E-state index contributed by atoms with van der Waals surface area (Å²) in [5, 5.41) is 11.0. The van der Waals surface area contributed by atoms with Gasteiger partial charge < -0.3 is 5.11 Å². The van der Waals surface area contributed by atoms with Gasteiger partial charge in [-0.1, -0.05) is 25.2 Å². The van der Waals surface area contributed by atoms with Gasteiger partial charge in [-0.3, -0.25) is 0 Å². The summed E-state index contributed by atoms with van der Waals surface area (Å²) in [7, 11) is 0. The van der Waals surface area contributed by atoms with Crippen molar-refractivity contribution in [1.82, 2.24) is 0 Å². The smallest absolute Gasteiger partial charge is 0.0913 e. The molecule has 1 nitrogen and oxygen atoms in total. The molecule has 0 aliphatic heterocycles. The SMILES string of the molecule is C=C(C)[C@@H]1CC[C@@]2(C)CCC=C(C)[C@@]2(O)C1. The molecule has 1 N–H and O–H groups in total. The Morgan fingerprint density at radius 3 is 2.81 bits per heavy atom. The summed E-state index contributed by atoms with van der Waals surface area (Å²) in [6.45, 7) is 10.5. The molecule has 0 unspecified atom stereocenters. The van der Waals surface area contributed by atoms with Crippen molar-refractivity contribution >= 4 is 0 Å². The Balaban J connectivity index is 2.33. The third-order valence-electron chi connectivity index (χ3n) is 5.08. The molecule has 1 saturated carbocycles. The lowest BCUT2D eigenvalue weighted by molar-refractivity contribution is -0.0974. The highest BCUT2D eigenvalue weighted by Crippen LogP contribution is 2.55. The van der Waals surface area contributed by atoms with E-state index in [0.717, 1.165) is 25.7 Å². The molecule has 0 radical (unpaired) electrons. The molecule has 90 valence electrons. The van der Waals surface area contributed by atoms with Crippen molar-refractivity contribution < 1.29 is 5.11 Å². The zero-order valence-corrected chi connectivity index (χ0v) is 10.8. The van der Waals surface area contributed by atoms with Crippen LogP contribution in [0.3, 0.4) is 0 Å². The van der Waals surface area contributed by atoms with Crippen LogP contribution in [0.4, 0.5) is 0 Å². The van der Waals surface area contributed by atoms with Crippen LogP contribution in [0.1, 0.15) is 52.9 Å². The highest BCUT2D eigenvalue weighted by Gasteiger charge is 2.52. The van der Waals surface area contributed by atoms with Crippen LogP contribution < -0.4 is 0 Å². The molecule has 0 bridgehead atoms. The highest BCUT2D eigenvalue weighted by molar-refractivity contribution is 5.26. The number of hydrogen-bond donors (Lipinski definition) is 1. The monoisotopic (exact) mass is 220 g/mol. The number of aliphatic hydroxyl groups is 1. The summed E-state index contributed by atoms with van der Waals surface area (Å²) in [5.74, 6) is 0.500. The Morgan fingerprint density at radius 1 is 1.50 bits per heavy atom. The van der Waals surface area contributed by atoms with Crippen LogP contribution in [-0.4, -0.2) is 10.7 Å². The lowest BCUT2D eigenvalue weighted by atomic mass is 9.54. The molecular weight excluding hydrogens is 196 g/mol. The minimum absolute atomic E-state index is 0.0950. The first-order valence-corrected chi connectivity index (χ1v) is 6.44. The molecule has 0 heterocycles. The van der Waals surface area contributed by atoms with E-state index in [9.17, 15) is 5.11 Å². The summed E-state index contributed by atoms with van der Waals surface area (Å²) >= 11 is 0. The van der Waals surface area contributed by atoms with Gasteiger partial charge in [0.15, 0.2) is 0 Å². The summed E-state index contributed by atoms with van der Waals surface area (Å²) in [4.78, 5) is 0. The number of allylic oxidation sites excluding steroid dienone is 2. The van der Waals surface area contributed by atoms with Gasteiger partial charge >= 0.3 is 0 Å². The summed E-state index contributed by atoms with van der Waals surface area (Å²) in [6, 6.07) is 0. The van der Waals surface area contributed by atoms with E-state index in [2.05, 4.69) is 33.4 Å². The molecule has 1 fully saturated rings. The molecule has 2 aliphatic rings. The summed E-state index contributed by atoms with van der Waals surface area (Å²) in [6.07, 6.45) is 7.68. The van der Waals surface area contributed by atoms with Crippen LogP contribution >= 0.6 is 0 Å². The normalized spacial score (nSPS) is 43.5. The molecule has 3 atom stereocenters. The van der Waals surface area contributed by atoms with E-state index in [1.807, 2.05) is 0 Å². The van der Waals surface area contributed by atoms with Crippen LogP contribution in [0.25, 0.3) is 0 Å². The minimum atomic E-state index is -0.576. The van der Waals surface area contributed by atoms with Crippen LogP contribution in [0.2, 0.25) is 0 Å². The van der Waals surface area contributed by atoms with Crippen molar-refractivity contribution in [3.8, 4) is 0 Å². The van der Waals surface area contributed by atoms with Gasteiger partial charge in [0.05, 0.1) is 5.60 Å². The molecule has 0 aromatic rings. The van der Waals surface area contributed by atoms with E-state index in [1.165, 1.54) is 17.6 Å². The van der Waals surface area contributed by atoms with E-state index in [-0.39, 0.29) is 5.41 Å². The predicted molar refractivity (Wildman–Crippen MR) is 68.2 cm³/mol. The van der Waals surface area contributed by atoms with E-state index < -0.39 is 5.60 Å². The summed E-state index contributed by atoms with van der Waals surface area (Å²) < 4.78 is 0.